The lowest BCUT2D eigenvalue weighted by Crippen LogP contribution is -2.50. The molecule has 0 saturated carbocycles. The fourth-order valence-electron chi connectivity index (χ4n) is 3.15. The normalized spacial score (nSPS) is 12.9. The largest absolute Gasteiger partial charge is 0.483 e. The molecule has 0 aliphatic rings. The van der Waals surface area contributed by atoms with Gasteiger partial charge in [0.25, 0.3) is 5.91 Å². The molecule has 5 nitrogen and oxygen atoms in total. The summed E-state index contributed by atoms with van der Waals surface area (Å²) in [5.41, 5.74) is 1.75. The highest BCUT2D eigenvalue weighted by molar-refractivity contribution is 5.88. The van der Waals surface area contributed by atoms with Crippen molar-refractivity contribution < 1.29 is 18.7 Å². The highest BCUT2D eigenvalue weighted by Gasteiger charge is 2.27. The highest BCUT2D eigenvalue weighted by Crippen LogP contribution is 2.26. The topological polar surface area (TPSA) is 58.6 Å². The summed E-state index contributed by atoms with van der Waals surface area (Å²) in [7, 11) is 0. The maximum absolute atomic E-state index is 13.3. The quantitative estimate of drug-likeness (QED) is 0.599. The van der Waals surface area contributed by atoms with E-state index in [1.54, 1.807) is 19.1 Å². The first-order chi connectivity index (χ1) is 14.7. The number of amides is 2. The Labute approximate surface area is 184 Å². The minimum absolute atomic E-state index is 0.00638. The summed E-state index contributed by atoms with van der Waals surface area (Å²) in [5.74, 6) is 0.0195. The molecule has 168 valence electrons. The van der Waals surface area contributed by atoms with Gasteiger partial charge in [-0.3, -0.25) is 9.59 Å². The molecule has 0 radical (unpaired) electrons. The van der Waals surface area contributed by atoms with Gasteiger partial charge in [0, 0.05) is 12.6 Å². The third-order valence-electron chi connectivity index (χ3n) is 5.33. The molecule has 0 aliphatic carbocycles. The molecular formula is C25H33FN2O3. The van der Waals surface area contributed by atoms with Crippen LogP contribution < -0.4 is 10.1 Å². The second-order valence-corrected chi connectivity index (χ2v) is 8.12. The van der Waals surface area contributed by atoms with Gasteiger partial charge in [0.2, 0.25) is 5.91 Å². The van der Waals surface area contributed by atoms with E-state index in [1.165, 1.54) is 17.0 Å². The molecule has 0 saturated heterocycles. The van der Waals surface area contributed by atoms with Crippen molar-refractivity contribution in [2.45, 2.75) is 65.6 Å². The van der Waals surface area contributed by atoms with Crippen LogP contribution in [0.15, 0.2) is 48.5 Å². The zero-order valence-corrected chi connectivity index (χ0v) is 19.0. The van der Waals surface area contributed by atoms with Crippen molar-refractivity contribution in [3.63, 3.8) is 0 Å². The lowest BCUT2D eigenvalue weighted by atomic mass is 10.0. The van der Waals surface area contributed by atoms with E-state index < -0.39 is 6.04 Å². The summed E-state index contributed by atoms with van der Waals surface area (Å²) < 4.78 is 19.1. The van der Waals surface area contributed by atoms with Gasteiger partial charge in [0.1, 0.15) is 17.6 Å². The molecule has 6 heteroatoms. The van der Waals surface area contributed by atoms with Gasteiger partial charge in [-0.2, -0.15) is 0 Å². The fourth-order valence-corrected chi connectivity index (χ4v) is 3.15. The summed E-state index contributed by atoms with van der Waals surface area (Å²) in [6, 6.07) is 12.8. The number of carbonyl (C=O) groups excluding carboxylic acids is 2. The molecule has 31 heavy (non-hydrogen) atoms. The van der Waals surface area contributed by atoms with Gasteiger partial charge < -0.3 is 15.0 Å². The van der Waals surface area contributed by atoms with Crippen LogP contribution in [0.5, 0.6) is 5.75 Å². The third-order valence-corrected chi connectivity index (χ3v) is 5.33. The first-order valence-corrected chi connectivity index (χ1v) is 10.8. The molecule has 2 atom stereocenters. The third kappa shape index (κ3) is 7.09. The van der Waals surface area contributed by atoms with E-state index in [-0.39, 0.29) is 42.7 Å². The van der Waals surface area contributed by atoms with E-state index in [1.807, 2.05) is 38.1 Å². The van der Waals surface area contributed by atoms with Crippen molar-refractivity contribution >= 4 is 11.8 Å². The molecule has 2 aromatic carbocycles. The predicted octanol–water partition coefficient (Wildman–Crippen LogP) is 4.66. The molecule has 0 fully saturated rings. The van der Waals surface area contributed by atoms with Crippen LogP contribution in [0.1, 0.15) is 58.1 Å². The Hall–Kier alpha value is -2.89. The summed E-state index contributed by atoms with van der Waals surface area (Å²) in [5, 5.41) is 2.92. The molecule has 0 aromatic heterocycles. The van der Waals surface area contributed by atoms with Crippen LogP contribution in [-0.4, -0.2) is 35.4 Å². The van der Waals surface area contributed by atoms with Crippen molar-refractivity contribution in [3.05, 3.63) is 65.5 Å². The molecule has 0 spiro atoms. The second kappa shape index (κ2) is 11.5. The van der Waals surface area contributed by atoms with Gasteiger partial charge in [-0.15, -0.1) is 0 Å². The fraction of sp³-hybridized carbons (Fsp3) is 0.440. The van der Waals surface area contributed by atoms with Crippen molar-refractivity contribution in [2.24, 2.45) is 0 Å². The van der Waals surface area contributed by atoms with Crippen LogP contribution in [0, 0.1) is 5.82 Å². The number of hydrogen-bond donors (Lipinski definition) is 1. The average molecular weight is 429 g/mol. The molecule has 0 aliphatic heterocycles. The zero-order chi connectivity index (χ0) is 23.0. The minimum atomic E-state index is -0.699. The average Bonchev–Trinajstić information content (AvgIpc) is 2.76. The summed E-state index contributed by atoms with van der Waals surface area (Å²) in [6.07, 6.45) is 0.791. The van der Waals surface area contributed by atoms with Crippen LogP contribution in [0.2, 0.25) is 0 Å². The minimum Gasteiger partial charge on any atom is -0.483 e. The Balaban J connectivity index is 2.19. The van der Waals surface area contributed by atoms with Crippen molar-refractivity contribution in [2.75, 3.05) is 6.61 Å². The van der Waals surface area contributed by atoms with Crippen LogP contribution in [0.25, 0.3) is 0 Å². The van der Waals surface area contributed by atoms with E-state index in [9.17, 15) is 14.0 Å². The number of halogens is 1. The lowest BCUT2D eigenvalue weighted by Gasteiger charge is -2.29. The lowest BCUT2D eigenvalue weighted by molar-refractivity contribution is -0.142. The zero-order valence-electron chi connectivity index (χ0n) is 19.0. The van der Waals surface area contributed by atoms with Crippen molar-refractivity contribution in [3.8, 4) is 5.75 Å². The Morgan fingerprint density at radius 1 is 1.03 bits per heavy atom. The van der Waals surface area contributed by atoms with Gasteiger partial charge in [0.15, 0.2) is 6.61 Å². The van der Waals surface area contributed by atoms with E-state index >= 15 is 0 Å². The van der Waals surface area contributed by atoms with Crippen LogP contribution in [0.4, 0.5) is 4.39 Å². The molecule has 2 aromatic rings. The number of para-hydroxylation sites is 1. The standard InChI is InChI=1S/C25H33FN2O3/c1-6-18(4)27-25(30)19(5)28(15-20-11-13-21(26)14-12-20)24(29)16-31-23-10-8-7-9-22(23)17(2)3/h7-14,17-19H,6,15-16H2,1-5H3,(H,27,30)/t18-,19-/m0/s1. The maximum Gasteiger partial charge on any atom is 0.261 e. The summed E-state index contributed by atoms with van der Waals surface area (Å²) in [4.78, 5) is 27.3. The molecule has 1 N–H and O–H groups in total. The smallest absolute Gasteiger partial charge is 0.261 e. The predicted molar refractivity (Wildman–Crippen MR) is 120 cm³/mol. The Bertz CT molecular complexity index is 867. The first-order valence-electron chi connectivity index (χ1n) is 10.8. The Kier molecular flexibility index (Phi) is 9.03. The van der Waals surface area contributed by atoms with Crippen molar-refractivity contribution in [1.29, 1.82) is 0 Å². The SMILES string of the molecule is CC[C@H](C)NC(=O)[C@H](C)N(Cc1ccc(F)cc1)C(=O)COc1ccccc1C(C)C. The monoisotopic (exact) mass is 428 g/mol. The number of nitrogens with zero attached hydrogens (tertiary/aromatic N) is 1. The second-order valence-electron chi connectivity index (χ2n) is 8.12. The first kappa shape index (κ1) is 24.4. The van der Waals surface area contributed by atoms with Gasteiger partial charge in [-0.1, -0.05) is 51.1 Å². The van der Waals surface area contributed by atoms with Gasteiger partial charge in [-0.05, 0) is 55.5 Å². The van der Waals surface area contributed by atoms with Crippen molar-refractivity contribution in [1.82, 2.24) is 10.2 Å². The van der Waals surface area contributed by atoms with Gasteiger partial charge in [-0.25, -0.2) is 4.39 Å². The van der Waals surface area contributed by atoms with Gasteiger partial charge in [0.05, 0.1) is 0 Å². The van der Waals surface area contributed by atoms with E-state index in [0.29, 0.717) is 5.75 Å². The summed E-state index contributed by atoms with van der Waals surface area (Å²) >= 11 is 0. The number of ether oxygens (including phenoxy) is 1. The van der Waals surface area contributed by atoms with Crippen LogP contribution >= 0.6 is 0 Å². The number of hydrogen-bond acceptors (Lipinski definition) is 3. The highest BCUT2D eigenvalue weighted by atomic mass is 19.1. The maximum atomic E-state index is 13.3. The number of nitrogens with one attached hydrogen (secondary N) is 1. The number of benzene rings is 2. The molecule has 0 bridgehead atoms. The molecule has 0 unspecified atom stereocenters. The Morgan fingerprint density at radius 3 is 2.29 bits per heavy atom. The van der Waals surface area contributed by atoms with Gasteiger partial charge >= 0.3 is 0 Å². The van der Waals surface area contributed by atoms with Crippen LogP contribution in [-0.2, 0) is 16.1 Å². The molecule has 2 rings (SSSR count). The van der Waals surface area contributed by atoms with E-state index in [0.717, 1.165) is 17.5 Å². The summed E-state index contributed by atoms with van der Waals surface area (Å²) in [6.45, 7) is 9.72. The molecule has 0 heterocycles. The number of carbonyl (C=O) groups is 2. The van der Waals surface area contributed by atoms with E-state index in [4.69, 9.17) is 4.74 Å². The van der Waals surface area contributed by atoms with Crippen LogP contribution in [0.3, 0.4) is 0 Å². The van der Waals surface area contributed by atoms with E-state index in [2.05, 4.69) is 19.2 Å². The molecular weight excluding hydrogens is 395 g/mol. The Morgan fingerprint density at radius 2 is 1.68 bits per heavy atom. The number of rotatable bonds is 10. The molecule has 2 amide bonds.